The Morgan fingerprint density at radius 2 is 1.72 bits per heavy atom. The molecule has 3 N–H and O–H groups in total. The van der Waals surface area contributed by atoms with Gasteiger partial charge in [-0.05, 0) is 25.7 Å². The van der Waals surface area contributed by atoms with Gasteiger partial charge in [-0.3, -0.25) is 4.79 Å². The lowest BCUT2D eigenvalue weighted by Gasteiger charge is -2.22. The number of nitrogens with one attached hydrogen (secondary N) is 1. The minimum absolute atomic E-state index is 0.0801. The fraction of sp³-hybridized carbons (Fsp3) is 0.929. The molecule has 4 heteroatoms. The minimum Gasteiger partial charge on any atom is -0.364 e. The monoisotopic (exact) mass is 254 g/mol. The number of amides is 1. The van der Waals surface area contributed by atoms with Crippen LogP contribution in [0.1, 0.15) is 57.8 Å². The highest BCUT2D eigenvalue weighted by molar-refractivity contribution is 5.81. The second-order valence-electron chi connectivity index (χ2n) is 5.61. The van der Waals surface area contributed by atoms with Gasteiger partial charge in [0.1, 0.15) is 6.10 Å². The number of carbonyl (C=O) groups is 1. The van der Waals surface area contributed by atoms with Gasteiger partial charge in [0.05, 0.1) is 6.10 Å². The van der Waals surface area contributed by atoms with Crippen molar-refractivity contribution in [3.63, 3.8) is 0 Å². The van der Waals surface area contributed by atoms with E-state index in [1.165, 1.54) is 32.1 Å². The van der Waals surface area contributed by atoms with Gasteiger partial charge in [-0.2, -0.15) is 0 Å². The number of hydrogen-bond donors (Lipinski definition) is 2. The Kier molecular flexibility index (Phi) is 5.45. The zero-order valence-corrected chi connectivity index (χ0v) is 11.2. The Morgan fingerprint density at radius 1 is 1.06 bits per heavy atom. The number of rotatable bonds is 3. The van der Waals surface area contributed by atoms with Crippen molar-refractivity contribution in [2.75, 3.05) is 6.54 Å². The lowest BCUT2D eigenvalue weighted by Crippen LogP contribution is -2.42. The Labute approximate surface area is 110 Å². The number of carbonyl (C=O) groups excluding carboxylic acids is 1. The highest BCUT2D eigenvalue weighted by Crippen LogP contribution is 2.21. The zero-order valence-electron chi connectivity index (χ0n) is 11.2. The van der Waals surface area contributed by atoms with Crippen LogP contribution in [-0.2, 0) is 9.53 Å². The third-order valence-corrected chi connectivity index (χ3v) is 4.11. The Balaban J connectivity index is 1.75. The SMILES string of the molecule is NC[C@H]1CC[C@@H](C(=O)NC2CCCCCCC2)O1. The molecule has 0 aromatic carbocycles. The highest BCUT2D eigenvalue weighted by atomic mass is 16.5. The number of hydrogen-bond acceptors (Lipinski definition) is 3. The van der Waals surface area contributed by atoms with Crippen molar-refractivity contribution >= 4 is 5.91 Å². The van der Waals surface area contributed by atoms with Gasteiger partial charge in [-0.15, -0.1) is 0 Å². The Morgan fingerprint density at radius 3 is 2.33 bits per heavy atom. The summed E-state index contributed by atoms with van der Waals surface area (Å²) in [5, 5.41) is 3.17. The maximum absolute atomic E-state index is 12.1. The van der Waals surface area contributed by atoms with E-state index in [4.69, 9.17) is 10.5 Å². The van der Waals surface area contributed by atoms with Gasteiger partial charge < -0.3 is 15.8 Å². The van der Waals surface area contributed by atoms with Crippen LogP contribution in [0.25, 0.3) is 0 Å². The quantitative estimate of drug-likeness (QED) is 0.806. The first-order chi connectivity index (χ1) is 8.79. The van der Waals surface area contributed by atoms with E-state index in [0.29, 0.717) is 12.6 Å². The van der Waals surface area contributed by atoms with E-state index in [9.17, 15) is 4.79 Å². The molecule has 2 aliphatic rings. The van der Waals surface area contributed by atoms with Gasteiger partial charge in [-0.1, -0.05) is 32.1 Å². The molecule has 1 aliphatic carbocycles. The molecule has 104 valence electrons. The van der Waals surface area contributed by atoms with Crippen LogP contribution in [0.3, 0.4) is 0 Å². The molecule has 1 saturated heterocycles. The molecule has 4 nitrogen and oxygen atoms in total. The highest BCUT2D eigenvalue weighted by Gasteiger charge is 2.30. The van der Waals surface area contributed by atoms with Gasteiger partial charge in [0.25, 0.3) is 0 Å². The van der Waals surface area contributed by atoms with Gasteiger partial charge in [0.2, 0.25) is 5.91 Å². The molecule has 2 rings (SSSR count). The number of ether oxygens (including phenoxy) is 1. The summed E-state index contributed by atoms with van der Waals surface area (Å²) in [6.45, 7) is 0.521. The van der Waals surface area contributed by atoms with Crippen molar-refractivity contribution in [2.24, 2.45) is 5.73 Å². The predicted octanol–water partition coefficient (Wildman–Crippen LogP) is 1.72. The summed E-state index contributed by atoms with van der Waals surface area (Å²) in [4.78, 5) is 12.1. The average molecular weight is 254 g/mol. The summed E-state index contributed by atoms with van der Waals surface area (Å²) in [5.74, 6) is 0.0801. The molecule has 2 atom stereocenters. The van der Waals surface area contributed by atoms with Gasteiger partial charge >= 0.3 is 0 Å². The van der Waals surface area contributed by atoms with E-state index in [-0.39, 0.29) is 18.1 Å². The molecule has 0 spiro atoms. The van der Waals surface area contributed by atoms with Crippen molar-refractivity contribution in [3.05, 3.63) is 0 Å². The first kappa shape index (κ1) is 13.8. The first-order valence-corrected chi connectivity index (χ1v) is 7.45. The largest absolute Gasteiger partial charge is 0.364 e. The van der Waals surface area contributed by atoms with Crippen molar-refractivity contribution < 1.29 is 9.53 Å². The molecule has 0 radical (unpaired) electrons. The Hall–Kier alpha value is -0.610. The van der Waals surface area contributed by atoms with Gasteiger partial charge in [0, 0.05) is 12.6 Å². The van der Waals surface area contributed by atoms with E-state index in [1.54, 1.807) is 0 Å². The lowest BCUT2D eigenvalue weighted by molar-refractivity contribution is -0.132. The molecule has 0 aromatic heterocycles. The average Bonchev–Trinajstić information content (AvgIpc) is 2.81. The summed E-state index contributed by atoms with van der Waals surface area (Å²) in [6, 6.07) is 0.360. The predicted molar refractivity (Wildman–Crippen MR) is 71.2 cm³/mol. The molecular formula is C14H26N2O2. The van der Waals surface area contributed by atoms with E-state index >= 15 is 0 Å². The van der Waals surface area contributed by atoms with Crippen molar-refractivity contribution in [1.82, 2.24) is 5.32 Å². The van der Waals surface area contributed by atoms with Crippen molar-refractivity contribution in [2.45, 2.75) is 76.0 Å². The second-order valence-corrected chi connectivity index (χ2v) is 5.61. The third-order valence-electron chi connectivity index (χ3n) is 4.11. The van der Waals surface area contributed by atoms with Crippen LogP contribution in [0.15, 0.2) is 0 Å². The van der Waals surface area contributed by atoms with Crippen LogP contribution in [0, 0.1) is 0 Å². The zero-order chi connectivity index (χ0) is 12.8. The molecule has 0 bridgehead atoms. The van der Waals surface area contributed by atoms with Crippen LogP contribution in [0.5, 0.6) is 0 Å². The van der Waals surface area contributed by atoms with Crippen LogP contribution < -0.4 is 11.1 Å². The summed E-state index contributed by atoms with van der Waals surface area (Å²) in [7, 11) is 0. The Bertz CT molecular complexity index is 263. The molecular weight excluding hydrogens is 228 g/mol. The van der Waals surface area contributed by atoms with Gasteiger partial charge in [0.15, 0.2) is 0 Å². The van der Waals surface area contributed by atoms with Crippen molar-refractivity contribution in [1.29, 1.82) is 0 Å². The fourth-order valence-corrected chi connectivity index (χ4v) is 2.97. The topological polar surface area (TPSA) is 64.4 Å². The van der Waals surface area contributed by atoms with Crippen LogP contribution in [-0.4, -0.2) is 30.7 Å². The summed E-state index contributed by atoms with van der Waals surface area (Å²) < 4.78 is 5.63. The van der Waals surface area contributed by atoms with Crippen LogP contribution in [0.2, 0.25) is 0 Å². The standard InChI is InChI=1S/C14H26N2O2/c15-10-12-8-9-13(18-12)14(17)16-11-6-4-2-1-3-5-7-11/h11-13H,1-10,15H2,(H,16,17)/t12-,13+/m1/s1. The van der Waals surface area contributed by atoms with Crippen molar-refractivity contribution in [3.8, 4) is 0 Å². The summed E-state index contributed by atoms with van der Waals surface area (Å²) in [6.07, 6.45) is 10.2. The van der Waals surface area contributed by atoms with Crippen LogP contribution >= 0.6 is 0 Å². The maximum Gasteiger partial charge on any atom is 0.249 e. The third kappa shape index (κ3) is 3.95. The summed E-state index contributed by atoms with van der Waals surface area (Å²) >= 11 is 0. The molecule has 0 aromatic rings. The van der Waals surface area contributed by atoms with E-state index in [1.807, 2.05) is 0 Å². The summed E-state index contributed by atoms with van der Waals surface area (Å²) in [5.41, 5.74) is 5.56. The van der Waals surface area contributed by atoms with Crippen LogP contribution in [0.4, 0.5) is 0 Å². The van der Waals surface area contributed by atoms with Gasteiger partial charge in [-0.25, -0.2) is 0 Å². The molecule has 1 aliphatic heterocycles. The molecule has 1 heterocycles. The van der Waals surface area contributed by atoms with E-state index in [0.717, 1.165) is 25.7 Å². The molecule has 1 amide bonds. The smallest absolute Gasteiger partial charge is 0.249 e. The molecule has 18 heavy (non-hydrogen) atoms. The number of nitrogens with two attached hydrogens (primary N) is 1. The normalized spacial score (nSPS) is 30.7. The maximum atomic E-state index is 12.1. The fourth-order valence-electron chi connectivity index (χ4n) is 2.97. The molecule has 2 fully saturated rings. The molecule has 0 unspecified atom stereocenters. The van der Waals surface area contributed by atoms with E-state index < -0.39 is 0 Å². The first-order valence-electron chi connectivity index (χ1n) is 7.45. The lowest BCUT2D eigenvalue weighted by atomic mass is 9.96. The molecule has 1 saturated carbocycles. The minimum atomic E-state index is -0.260. The second kappa shape index (κ2) is 7.10. The van der Waals surface area contributed by atoms with E-state index in [2.05, 4.69) is 5.32 Å².